The summed E-state index contributed by atoms with van der Waals surface area (Å²) in [5.41, 5.74) is 8.27. The van der Waals surface area contributed by atoms with Gasteiger partial charge in [0.25, 0.3) is 0 Å². The minimum absolute atomic E-state index is 0.0169. The van der Waals surface area contributed by atoms with Gasteiger partial charge in [0.05, 0.1) is 0 Å². The van der Waals surface area contributed by atoms with E-state index in [0.717, 1.165) is 26.6 Å². The molecule has 1 heterocycles. The summed E-state index contributed by atoms with van der Waals surface area (Å²) in [5, 5.41) is 0. The van der Waals surface area contributed by atoms with Crippen molar-refractivity contribution < 1.29 is 0 Å². The fourth-order valence-corrected chi connectivity index (χ4v) is 2.08. The SMILES string of the molecule is NC(Cc1ccc(Br)cn1)c1ccc(Br)cc1. The first-order valence-electron chi connectivity index (χ1n) is 5.26. The van der Waals surface area contributed by atoms with E-state index in [9.17, 15) is 0 Å². The Kier molecular flexibility index (Phi) is 4.31. The van der Waals surface area contributed by atoms with Crippen LogP contribution in [0.3, 0.4) is 0 Å². The highest BCUT2D eigenvalue weighted by Crippen LogP contribution is 2.18. The van der Waals surface area contributed by atoms with Gasteiger partial charge in [-0.1, -0.05) is 28.1 Å². The molecule has 0 bridgehead atoms. The van der Waals surface area contributed by atoms with Gasteiger partial charge in [-0.3, -0.25) is 4.98 Å². The van der Waals surface area contributed by atoms with Crippen LogP contribution in [0.5, 0.6) is 0 Å². The van der Waals surface area contributed by atoms with Crippen LogP contribution in [0.25, 0.3) is 0 Å². The van der Waals surface area contributed by atoms with E-state index in [4.69, 9.17) is 5.73 Å². The molecule has 1 unspecified atom stereocenters. The monoisotopic (exact) mass is 354 g/mol. The average molecular weight is 356 g/mol. The zero-order chi connectivity index (χ0) is 12.3. The molecule has 0 fully saturated rings. The molecule has 2 rings (SSSR count). The molecule has 0 radical (unpaired) electrons. The van der Waals surface area contributed by atoms with Crippen LogP contribution in [0.1, 0.15) is 17.3 Å². The van der Waals surface area contributed by atoms with Crippen molar-refractivity contribution in [3.8, 4) is 0 Å². The quantitative estimate of drug-likeness (QED) is 0.908. The maximum Gasteiger partial charge on any atom is 0.0423 e. The maximum atomic E-state index is 6.15. The maximum absolute atomic E-state index is 6.15. The third-order valence-corrected chi connectivity index (χ3v) is 3.51. The molecule has 0 aliphatic rings. The average Bonchev–Trinajstić information content (AvgIpc) is 2.33. The van der Waals surface area contributed by atoms with Crippen molar-refractivity contribution in [2.75, 3.05) is 0 Å². The highest BCUT2D eigenvalue weighted by Gasteiger charge is 2.07. The number of pyridine rings is 1. The number of benzene rings is 1. The predicted molar refractivity (Wildman–Crippen MR) is 76.7 cm³/mol. The zero-order valence-corrected chi connectivity index (χ0v) is 12.3. The predicted octanol–water partition coefficient (Wildman–Crippen LogP) is 3.85. The Morgan fingerprint density at radius 3 is 2.24 bits per heavy atom. The molecule has 2 N–H and O–H groups in total. The lowest BCUT2D eigenvalue weighted by atomic mass is 10.0. The van der Waals surface area contributed by atoms with Gasteiger partial charge in [0.1, 0.15) is 0 Å². The number of hydrogen-bond donors (Lipinski definition) is 1. The summed E-state index contributed by atoms with van der Waals surface area (Å²) in [7, 11) is 0. The van der Waals surface area contributed by atoms with Gasteiger partial charge < -0.3 is 5.73 Å². The van der Waals surface area contributed by atoms with E-state index in [0.29, 0.717) is 0 Å². The third kappa shape index (κ3) is 3.63. The Hall–Kier alpha value is -0.710. The number of rotatable bonds is 3. The van der Waals surface area contributed by atoms with Gasteiger partial charge in [0, 0.05) is 33.3 Å². The number of nitrogens with zero attached hydrogens (tertiary/aromatic N) is 1. The summed E-state index contributed by atoms with van der Waals surface area (Å²) >= 11 is 6.78. The number of hydrogen-bond acceptors (Lipinski definition) is 2. The smallest absolute Gasteiger partial charge is 0.0423 e. The zero-order valence-electron chi connectivity index (χ0n) is 9.11. The number of nitrogens with two attached hydrogens (primary N) is 1. The van der Waals surface area contributed by atoms with Crippen LogP contribution in [0.2, 0.25) is 0 Å². The highest BCUT2D eigenvalue weighted by molar-refractivity contribution is 9.10. The summed E-state index contributed by atoms with van der Waals surface area (Å²) in [4.78, 5) is 4.33. The van der Waals surface area contributed by atoms with Gasteiger partial charge in [0.2, 0.25) is 0 Å². The Morgan fingerprint density at radius 1 is 1.00 bits per heavy atom. The van der Waals surface area contributed by atoms with Crippen molar-refractivity contribution in [1.29, 1.82) is 0 Å². The molecule has 88 valence electrons. The van der Waals surface area contributed by atoms with Crippen molar-refractivity contribution in [1.82, 2.24) is 4.98 Å². The second-order valence-electron chi connectivity index (χ2n) is 3.83. The van der Waals surface area contributed by atoms with Crippen molar-refractivity contribution in [3.63, 3.8) is 0 Å². The molecule has 1 atom stereocenters. The minimum atomic E-state index is -0.0169. The molecule has 0 aliphatic carbocycles. The summed E-state index contributed by atoms with van der Waals surface area (Å²) in [6.07, 6.45) is 2.54. The minimum Gasteiger partial charge on any atom is -0.324 e. The van der Waals surface area contributed by atoms with Gasteiger partial charge in [-0.05, 0) is 45.8 Å². The second-order valence-corrected chi connectivity index (χ2v) is 5.66. The fraction of sp³-hybridized carbons (Fsp3) is 0.154. The Bertz CT molecular complexity index is 480. The summed E-state index contributed by atoms with van der Waals surface area (Å²) in [5.74, 6) is 0. The van der Waals surface area contributed by atoms with E-state index >= 15 is 0 Å². The third-order valence-electron chi connectivity index (χ3n) is 2.52. The Morgan fingerprint density at radius 2 is 1.65 bits per heavy atom. The van der Waals surface area contributed by atoms with Crippen LogP contribution < -0.4 is 5.73 Å². The fourth-order valence-electron chi connectivity index (χ4n) is 1.58. The van der Waals surface area contributed by atoms with E-state index < -0.39 is 0 Å². The first-order chi connectivity index (χ1) is 8.15. The van der Waals surface area contributed by atoms with Crippen LogP contribution in [0, 0.1) is 0 Å². The first kappa shape index (κ1) is 12.7. The van der Waals surface area contributed by atoms with Crippen LogP contribution >= 0.6 is 31.9 Å². The van der Waals surface area contributed by atoms with Gasteiger partial charge in [-0.2, -0.15) is 0 Å². The van der Waals surface area contributed by atoms with Crippen molar-refractivity contribution >= 4 is 31.9 Å². The molecule has 0 amide bonds. The molecule has 0 saturated carbocycles. The Labute approximate surface area is 118 Å². The summed E-state index contributed by atoms with van der Waals surface area (Å²) in [6.45, 7) is 0. The molecule has 2 aromatic rings. The van der Waals surface area contributed by atoms with Crippen LogP contribution in [0.15, 0.2) is 51.5 Å². The Balaban J connectivity index is 2.08. The van der Waals surface area contributed by atoms with Crippen molar-refractivity contribution in [2.24, 2.45) is 5.73 Å². The molecule has 17 heavy (non-hydrogen) atoms. The normalized spacial score (nSPS) is 12.4. The van der Waals surface area contributed by atoms with E-state index in [-0.39, 0.29) is 6.04 Å². The lowest BCUT2D eigenvalue weighted by Gasteiger charge is -2.11. The largest absolute Gasteiger partial charge is 0.324 e. The van der Waals surface area contributed by atoms with Crippen LogP contribution in [0.4, 0.5) is 0 Å². The summed E-state index contributed by atoms with van der Waals surface area (Å²) < 4.78 is 2.05. The number of aromatic nitrogens is 1. The molecule has 1 aromatic carbocycles. The molecule has 4 heteroatoms. The molecule has 0 aliphatic heterocycles. The van der Waals surface area contributed by atoms with E-state index in [2.05, 4.69) is 36.8 Å². The summed E-state index contributed by atoms with van der Waals surface area (Å²) in [6, 6.07) is 12.0. The van der Waals surface area contributed by atoms with Crippen LogP contribution in [-0.2, 0) is 6.42 Å². The molecular weight excluding hydrogens is 344 g/mol. The highest BCUT2D eigenvalue weighted by atomic mass is 79.9. The van der Waals surface area contributed by atoms with Crippen LogP contribution in [-0.4, -0.2) is 4.98 Å². The van der Waals surface area contributed by atoms with Crippen molar-refractivity contribution in [3.05, 3.63) is 62.8 Å². The molecule has 0 saturated heterocycles. The lowest BCUT2D eigenvalue weighted by Crippen LogP contribution is -2.13. The van der Waals surface area contributed by atoms with Gasteiger partial charge >= 0.3 is 0 Å². The molecule has 0 spiro atoms. The van der Waals surface area contributed by atoms with E-state index in [1.807, 2.05) is 36.4 Å². The standard InChI is InChI=1S/C13H12Br2N2/c14-10-3-1-9(2-4-10)13(16)7-12-6-5-11(15)8-17-12/h1-6,8,13H,7,16H2. The lowest BCUT2D eigenvalue weighted by molar-refractivity contribution is 0.706. The first-order valence-corrected chi connectivity index (χ1v) is 6.85. The molecular formula is C13H12Br2N2. The number of halogens is 2. The van der Waals surface area contributed by atoms with Gasteiger partial charge in [-0.15, -0.1) is 0 Å². The second kappa shape index (κ2) is 5.76. The van der Waals surface area contributed by atoms with Crippen molar-refractivity contribution in [2.45, 2.75) is 12.5 Å². The topological polar surface area (TPSA) is 38.9 Å². The van der Waals surface area contributed by atoms with E-state index in [1.165, 1.54) is 0 Å². The molecule has 2 nitrogen and oxygen atoms in total. The molecule has 1 aromatic heterocycles. The van der Waals surface area contributed by atoms with E-state index in [1.54, 1.807) is 6.20 Å². The van der Waals surface area contributed by atoms with Gasteiger partial charge in [-0.25, -0.2) is 0 Å². The van der Waals surface area contributed by atoms with Gasteiger partial charge in [0.15, 0.2) is 0 Å².